The Kier molecular flexibility index (Phi) is 8.11. The number of thiophene rings is 1. The fraction of sp³-hybridized carbons (Fsp3) is 0.219. The lowest BCUT2D eigenvalue weighted by Crippen LogP contribution is -2.49. The van der Waals surface area contributed by atoms with E-state index >= 15 is 0 Å². The monoisotopic (exact) mass is 663 g/mol. The summed E-state index contributed by atoms with van der Waals surface area (Å²) in [6.07, 6.45) is 2.20. The van der Waals surface area contributed by atoms with Crippen molar-refractivity contribution in [3.05, 3.63) is 111 Å². The van der Waals surface area contributed by atoms with Gasteiger partial charge in [0.25, 0.3) is 15.9 Å². The highest BCUT2D eigenvalue weighted by Crippen LogP contribution is 2.35. The second kappa shape index (κ2) is 11.9. The number of benzene rings is 3. The molecule has 0 spiro atoms. The van der Waals surface area contributed by atoms with Crippen molar-refractivity contribution in [2.45, 2.75) is 18.2 Å². The number of rotatable bonds is 8. The molecule has 0 radical (unpaired) electrons. The average molecular weight is 665 g/mol. The second-order valence-corrected chi connectivity index (χ2v) is 13.9. The summed E-state index contributed by atoms with van der Waals surface area (Å²) in [6.45, 7) is 4.47. The van der Waals surface area contributed by atoms with E-state index < -0.39 is 10.0 Å². The summed E-state index contributed by atoms with van der Waals surface area (Å²) in [5.41, 5.74) is 4.06. The van der Waals surface area contributed by atoms with Crippen molar-refractivity contribution in [3.8, 4) is 0 Å². The SMILES string of the molecule is Cc1coc2ccc(S(=O)(=O)N(CCc3ccccc3)c3ccccc3N3CCN(C(=O)c4sccc4Br)CC3)cc12. The molecule has 3 aromatic carbocycles. The van der Waals surface area contributed by atoms with Crippen LogP contribution in [0.3, 0.4) is 0 Å². The van der Waals surface area contributed by atoms with Crippen LogP contribution < -0.4 is 9.21 Å². The lowest BCUT2D eigenvalue weighted by molar-refractivity contribution is 0.0751. The lowest BCUT2D eigenvalue weighted by atomic mass is 10.1. The maximum Gasteiger partial charge on any atom is 0.265 e. The Morgan fingerprint density at radius 1 is 0.976 bits per heavy atom. The molecule has 0 atom stereocenters. The number of aryl methyl sites for hydroxylation is 1. The number of nitrogens with zero attached hydrogens (tertiary/aromatic N) is 3. The van der Waals surface area contributed by atoms with Gasteiger partial charge >= 0.3 is 0 Å². The van der Waals surface area contributed by atoms with Gasteiger partial charge in [-0.15, -0.1) is 11.3 Å². The van der Waals surface area contributed by atoms with Crippen LogP contribution in [-0.4, -0.2) is 51.9 Å². The fourth-order valence-electron chi connectivity index (χ4n) is 5.35. The number of amides is 1. The molecule has 0 saturated carbocycles. The number of carbonyl (C=O) groups is 1. The van der Waals surface area contributed by atoms with Crippen LogP contribution in [0, 0.1) is 6.92 Å². The van der Waals surface area contributed by atoms with E-state index in [1.54, 1.807) is 24.5 Å². The van der Waals surface area contributed by atoms with Crippen molar-refractivity contribution >= 4 is 65.5 Å². The van der Waals surface area contributed by atoms with E-state index in [9.17, 15) is 13.2 Å². The van der Waals surface area contributed by atoms with E-state index in [2.05, 4.69) is 20.8 Å². The molecular formula is C32H30BrN3O4S2. The van der Waals surface area contributed by atoms with E-state index in [-0.39, 0.29) is 17.3 Å². The third kappa shape index (κ3) is 5.58. The number of anilines is 2. The largest absolute Gasteiger partial charge is 0.464 e. The predicted molar refractivity (Wildman–Crippen MR) is 172 cm³/mol. The highest BCUT2D eigenvalue weighted by atomic mass is 79.9. The molecule has 1 amide bonds. The molecule has 0 N–H and O–H groups in total. The van der Waals surface area contributed by atoms with Gasteiger partial charge in [0.1, 0.15) is 10.5 Å². The van der Waals surface area contributed by atoms with E-state index in [1.165, 1.54) is 15.6 Å². The van der Waals surface area contributed by atoms with Crippen molar-refractivity contribution in [2.24, 2.45) is 0 Å². The summed E-state index contributed by atoms with van der Waals surface area (Å²) in [7, 11) is -3.93. The molecule has 7 nitrogen and oxygen atoms in total. The van der Waals surface area contributed by atoms with Gasteiger partial charge in [0.05, 0.1) is 22.5 Å². The number of fused-ring (bicyclic) bond motifs is 1. The summed E-state index contributed by atoms with van der Waals surface area (Å²) in [4.78, 5) is 18.1. The predicted octanol–water partition coefficient (Wildman–Crippen LogP) is 6.97. The van der Waals surface area contributed by atoms with Gasteiger partial charge in [0.2, 0.25) is 0 Å². The zero-order chi connectivity index (χ0) is 29.3. The van der Waals surface area contributed by atoms with Gasteiger partial charge in [-0.3, -0.25) is 9.10 Å². The van der Waals surface area contributed by atoms with Gasteiger partial charge in [-0.1, -0.05) is 42.5 Å². The smallest absolute Gasteiger partial charge is 0.265 e. The number of para-hydroxylation sites is 2. The number of carbonyl (C=O) groups excluding carboxylic acids is 1. The quantitative estimate of drug-likeness (QED) is 0.179. The number of furan rings is 1. The van der Waals surface area contributed by atoms with Crippen LogP contribution in [-0.2, 0) is 16.4 Å². The first-order chi connectivity index (χ1) is 20.3. The fourth-order valence-corrected chi connectivity index (χ4v) is 8.37. The second-order valence-electron chi connectivity index (χ2n) is 10.3. The third-order valence-electron chi connectivity index (χ3n) is 7.64. The molecule has 3 heterocycles. The number of piperazine rings is 1. The summed E-state index contributed by atoms with van der Waals surface area (Å²) < 4.78 is 36.7. The molecule has 1 aliphatic heterocycles. The van der Waals surface area contributed by atoms with Crippen LogP contribution in [0.15, 0.2) is 104 Å². The zero-order valence-electron chi connectivity index (χ0n) is 23.1. The summed E-state index contributed by atoms with van der Waals surface area (Å²) in [5.74, 6) is 0.0156. The Labute approximate surface area is 258 Å². The average Bonchev–Trinajstić information content (AvgIpc) is 3.62. The van der Waals surface area contributed by atoms with Gasteiger partial charge in [-0.05, 0) is 82.2 Å². The minimum Gasteiger partial charge on any atom is -0.464 e. The molecular weight excluding hydrogens is 634 g/mol. The molecule has 42 heavy (non-hydrogen) atoms. The maximum atomic E-state index is 14.4. The summed E-state index contributed by atoms with van der Waals surface area (Å²) in [5, 5.41) is 2.69. The first-order valence-corrected chi connectivity index (χ1v) is 16.8. The van der Waals surface area contributed by atoms with Gasteiger partial charge in [0, 0.05) is 42.6 Å². The Hall–Kier alpha value is -3.60. The van der Waals surface area contributed by atoms with Crippen molar-refractivity contribution in [3.63, 3.8) is 0 Å². The first-order valence-electron chi connectivity index (χ1n) is 13.7. The number of sulfonamides is 1. The number of hydrogen-bond acceptors (Lipinski definition) is 6. The maximum absolute atomic E-state index is 14.4. The topological polar surface area (TPSA) is 74.1 Å². The Morgan fingerprint density at radius 2 is 1.71 bits per heavy atom. The third-order valence-corrected chi connectivity index (χ3v) is 11.3. The molecule has 1 saturated heterocycles. The van der Waals surface area contributed by atoms with Gasteiger partial charge in [-0.25, -0.2) is 8.42 Å². The number of halogens is 1. The highest BCUT2D eigenvalue weighted by molar-refractivity contribution is 9.10. The molecule has 1 fully saturated rings. The van der Waals surface area contributed by atoms with Crippen LogP contribution >= 0.6 is 27.3 Å². The molecule has 0 unspecified atom stereocenters. The minimum absolute atomic E-state index is 0.0156. The molecule has 216 valence electrons. The molecule has 0 aliphatic carbocycles. The minimum atomic E-state index is -3.93. The van der Waals surface area contributed by atoms with Crippen molar-refractivity contribution in [2.75, 3.05) is 41.9 Å². The van der Waals surface area contributed by atoms with Crippen molar-refractivity contribution in [1.82, 2.24) is 4.90 Å². The van der Waals surface area contributed by atoms with Gasteiger partial charge in [0.15, 0.2) is 0 Å². The Morgan fingerprint density at radius 3 is 2.45 bits per heavy atom. The van der Waals surface area contributed by atoms with Gasteiger partial charge in [-0.2, -0.15) is 0 Å². The first kappa shape index (κ1) is 28.5. The molecule has 10 heteroatoms. The zero-order valence-corrected chi connectivity index (χ0v) is 26.3. The van der Waals surface area contributed by atoms with E-state index in [1.807, 2.05) is 77.9 Å². The van der Waals surface area contributed by atoms with Crippen LogP contribution in [0.25, 0.3) is 11.0 Å². The van der Waals surface area contributed by atoms with E-state index in [0.717, 1.165) is 26.7 Å². The Balaban J connectivity index is 1.32. The van der Waals surface area contributed by atoms with Crippen molar-refractivity contribution < 1.29 is 17.6 Å². The van der Waals surface area contributed by atoms with Crippen LogP contribution in [0.2, 0.25) is 0 Å². The molecule has 0 bridgehead atoms. The molecule has 2 aromatic heterocycles. The molecule has 1 aliphatic rings. The lowest BCUT2D eigenvalue weighted by Gasteiger charge is -2.38. The number of hydrogen-bond donors (Lipinski definition) is 0. The normalized spacial score (nSPS) is 14.0. The Bertz CT molecular complexity index is 1830. The molecule has 5 aromatic rings. The van der Waals surface area contributed by atoms with Crippen molar-refractivity contribution in [1.29, 1.82) is 0 Å². The van der Waals surface area contributed by atoms with E-state index in [0.29, 0.717) is 48.7 Å². The van der Waals surface area contributed by atoms with Gasteiger partial charge < -0.3 is 14.2 Å². The van der Waals surface area contributed by atoms with Crippen LogP contribution in [0.5, 0.6) is 0 Å². The molecule has 6 rings (SSSR count). The van der Waals surface area contributed by atoms with Crippen LogP contribution in [0.1, 0.15) is 20.8 Å². The van der Waals surface area contributed by atoms with E-state index in [4.69, 9.17) is 4.42 Å². The van der Waals surface area contributed by atoms with Crippen LogP contribution in [0.4, 0.5) is 11.4 Å². The standard InChI is InChI=1S/C32H30BrN3O4S2/c1-23-22-40-30-12-11-25(21-26(23)30)42(38,39)36(15-13-24-7-3-2-4-8-24)29-10-6-5-9-28(29)34-16-18-35(19-17-34)32(37)31-27(33)14-20-41-31/h2-12,14,20-22H,13,15-19H2,1H3. The summed E-state index contributed by atoms with van der Waals surface area (Å²) >= 11 is 4.91. The summed E-state index contributed by atoms with van der Waals surface area (Å²) in [6, 6.07) is 24.5. The highest BCUT2D eigenvalue weighted by Gasteiger charge is 2.31.